The van der Waals surface area contributed by atoms with Crippen molar-refractivity contribution >= 4 is 22.9 Å². The van der Waals surface area contributed by atoms with Gasteiger partial charge in [-0.15, -0.1) is 11.3 Å². The number of nitrogens with zero attached hydrogens (tertiary/aromatic N) is 2. The van der Waals surface area contributed by atoms with E-state index in [0.717, 1.165) is 31.7 Å². The van der Waals surface area contributed by atoms with Gasteiger partial charge in [0.2, 0.25) is 5.91 Å². The lowest BCUT2D eigenvalue weighted by Gasteiger charge is -2.25. The standard InChI is InChI=1S/C20H24N2OS/c1-15-8-9-19(24-15)18-7-4-12-21(18)13-11-20(23)22-14-10-16-5-2-3-6-17(16)22/h2-3,5-6,8-9,18H,4,7,10-14H2,1H3. The molecule has 4 heteroatoms. The Kier molecular flexibility index (Phi) is 4.42. The largest absolute Gasteiger partial charge is 0.312 e. The van der Waals surface area contributed by atoms with Crippen LogP contribution in [0.2, 0.25) is 0 Å². The molecule has 0 bridgehead atoms. The Bertz CT molecular complexity index is 739. The Morgan fingerprint density at radius 1 is 1.21 bits per heavy atom. The number of carbonyl (C=O) groups is 1. The number of anilines is 1. The number of fused-ring (bicyclic) bond motifs is 1. The van der Waals surface area contributed by atoms with Gasteiger partial charge in [-0.2, -0.15) is 0 Å². The molecule has 1 aromatic carbocycles. The summed E-state index contributed by atoms with van der Waals surface area (Å²) in [4.78, 5) is 20.0. The Balaban J connectivity index is 1.39. The molecule has 1 aromatic heterocycles. The van der Waals surface area contributed by atoms with E-state index in [4.69, 9.17) is 0 Å². The van der Waals surface area contributed by atoms with Crippen molar-refractivity contribution in [1.82, 2.24) is 4.90 Å². The molecule has 2 aromatic rings. The summed E-state index contributed by atoms with van der Waals surface area (Å²) in [6, 6.07) is 13.3. The molecular weight excluding hydrogens is 316 g/mol. The molecule has 0 aliphatic carbocycles. The van der Waals surface area contributed by atoms with Crippen LogP contribution < -0.4 is 4.90 Å². The van der Waals surface area contributed by atoms with E-state index in [-0.39, 0.29) is 5.91 Å². The zero-order valence-electron chi connectivity index (χ0n) is 14.2. The number of para-hydroxylation sites is 1. The molecule has 2 aliphatic rings. The smallest absolute Gasteiger partial charge is 0.228 e. The monoisotopic (exact) mass is 340 g/mol. The maximum absolute atomic E-state index is 12.7. The normalized spacial score (nSPS) is 20.5. The predicted octanol–water partition coefficient (Wildman–Crippen LogP) is 4.17. The number of aryl methyl sites for hydroxylation is 1. The van der Waals surface area contributed by atoms with Gasteiger partial charge in [-0.3, -0.25) is 9.69 Å². The SMILES string of the molecule is Cc1ccc(C2CCCN2CCC(=O)N2CCc3ccccc32)s1. The van der Waals surface area contributed by atoms with Gasteiger partial charge in [0.15, 0.2) is 0 Å². The third kappa shape index (κ3) is 3.01. The van der Waals surface area contributed by atoms with E-state index < -0.39 is 0 Å². The second-order valence-electron chi connectivity index (χ2n) is 6.82. The van der Waals surface area contributed by atoms with Crippen LogP contribution in [0, 0.1) is 6.92 Å². The highest BCUT2D eigenvalue weighted by atomic mass is 32.1. The molecule has 3 heterocycles. The van der Waals surface area contributed by atoms with E-state index >= 15 is 0 Å². The topological polar surface area (TPSA) is 23.6 Å². The van der Waals surface area contributed by atoms with Crippen molar-refractivity contribution in [3.63, 3.8) is 0 Å². The quantitative estimate of drug-likeness (QED) is 0.834. The van der Waals surface area contributed by atoms with E-state index in [2.05, 4.69) is 42.2 Å². The lowest BCUT2D eigenvalue weighted by Crippen LogP contribution is -2.33. The molecule has 0 spiro atoms. The van der Waals surface area contributed by atoms with E-state index in [1.807, 2.05) is 22.3 Å². The highest BCUT2D eigenvalue weighted by molar-refractivity contribution is 7.12. The van der Waals surface area contributed by atoms with Crippen molar-refractivity contribution in [1.29, 1.82) is 0 Å². The van der Waals surface area contributed by atoms with Crippen LogP contribution in [-0.2, 0) is 11.2 Å². The van der Waals surface area contributed by atoms with Crippen LogP contribution in [0.25, 0.3) is 0 Å². The third-order valence-electron chi connectivity index (χ3n) is 5.25. The Hall–Kier alpha value is -1.65. The summed E-state index contributed by atoms with van der Waals surface area (Å²) in [5.41, 5.74) is 2.42. The molecule has 126 valence electrons. The molecule has 0 radical (unpaired) electrons. The van der Waals surface area contributed by atoms with Crippen LogP contribution in [0.15, 0.2) is 36.4 Å². The highest BCUT2D eigenvalue weighted by Gasteiger charge is 2.29. The number of amides is 1. The molecule has 1 atom stereocenters. The number of likely N-dealkylation sites (tertiary alicyclic amines) is 1. The molecule has 1 fully saturated rings. The lowest BCUT2D eigenvalue weighted by atomic mass is 10.1. The molecule has 1 saturated heterocycles. The first-order chi connectivity index (χ1) is 11.7. The summed E-state index contributed by atoms with van der Waals surface area (Å²) in [5.74, 6) is 0.271. The van der Waals surface area contributed by atoms with Crippen LogP contribution >= 0.6 is 11.3 Å². The fraction of sp³-hybridized carbons (Fsp3) is 0.450. The minimum Gasteiger partial charge on any atom is -0.312 e. The first kappa shape index (κ1) is 15.9. The predicted molar refractivity (Wildman–Crippen MR) is 99.7 cm³/mol. The molecule has 3 nitrogen and oxygen atoms in total. The zero-order valence-corrected chi connectivity index (χ0v) is 15.0. The molecular formula is C20H24N2OS. The fourth-order valence-corrected chi connectivity index (χ4v) is 5.07. The van der Waals surface area contributed by atoms with Gasteiger partial charge >= 0.3 is 0 Å². The minimum atomic E-state index is 0.271. The lowest BCUT2D eigenvalue weighted by molar-refractivity contribution is -0.118. The number of benzene rings is 1. The summed E-state index contributed by atoms with van der Waals surface area (Å²) >= 11 is 1.90. The Labute approximate surface area is 147 Å². The van der Waals surface area contributed by atoms with Crippen LogP contribution in [0.3, 0.4) is 0 Å². The van der Waals surface area contributed by atoms with Crippen molar-refractivity contribution in [2.45, 2.75) is 38.6 Å². The fourth-order valence-electron chi connectivity index (χ4n) is 4.02. The third-order valence-corrected chi connectivity index (χ3v) is 6.36. The number of hydrogen-bond acceptors (Lipinski definition) is 3. The van der Waals surface area contributed by atoms with Crippen molar-refractivity contribution in [3.05, 3.63) is 51.7 Å². The van der Waals surface area contributed by atoms with Crippen LogP contribution in [0.5, 0.6) is 0 Å². The minimum absolute atomic E-state index is 0.271. The van der Waals surface area contributed by atoms with Gasteiger partial charge in [-0.05, 0) is 56.5 Å². The average Bonchev–Trinajstić information content (AvgIpc) is 3.31. The molecule has 24 heavy (non-hydrogen) atoms. The summed E-state index contributed by atoms with van der Waals surface area (Å²) < 4.78 is 0. The maximum atomic E-state index is 12.7. The molecule has 1 amide bonds. The van der Waals surface area contributed by atoms with Crippen LogP contribution in [0.4, 0.5) is 5.69 Å². The Morgan fingerprint density at radius 3 is 2.92 bits per heavy atom. The first-order valence-electron chi connectivity index (χ1n) is 8.91. The average molecular weight is 340 g/mol. The van der Waals surface area contributed by atoms with Gasteiger partial charge in [-0.25, -0.2) is 0 Å². The summed E-state index contributed by atoms with van der Waals surface area (Å²) in [7, 11) is 0. The van der Waals surface area contributed by atoms with Gasteiger partial charge in [0, 0.05) is 41.0 Å². The molecule has 1 unspecified atom stereocenters. The molecule has 2 aliphatic heterocycles. The van der Waals surface area contributed by atoms with E-state index in [1.54, 1.807) is 0 Å². The molecule has 4 rings (SSSR count). The van der Waals surface area contributed by atoms with E-state index in [9.17, 15) is 4.79 Å². The molecule has 0 saturated carbocycles. The zero-order chi connectivity index (χ0) is 16.5. The second-order valence-corrected chi connectivity index (χ2v) is 8.14. The molecule has 0 N–H and O–H groups in total. The van der Waals surface area contributed by atoms with Gasteiger partial charge in [-0.1, -0.05) is 18.2 Å². The van der Waals surface area contributed by atoms with Crippen molar-refractivity contribution in [2.75, 3.05) is 24.5 Å². The van der Waals surface area contributed by atoms with Crippen molar-refractivity contribution in [2.24, 2.45) is 0 Å². The van der Waals surface area contributed by atoms with Gasteiger partial charge in [0.1, 0.15) is 0 Å². The second kappa shape index (κ2) is 6.69. The van der Waals surface area contributed by atoms with Crippen molar-refractivity contribution < 1.29 is 4.79 Å². The van der Waals surface area contributed by atoms with Gasteiger partial charge in [0.05, 0.1) is 0 Å². The van der Waals surface area contributed by atoms with Crippen LogP contribution in [0.1, 0.15) is 40.6 Å². The van der Waals surface area contributed by atoms with E-state index in [0.29, 0.717) is 12.5 Å². The summed E-state index contributed by atoms with van der Waals surface area (Å²) in [5, 5.41) is 0. The van der Waals surface area contributed by atoms with Gasteiger partial charge in [0.25, 0.3) is 0 Å². The van der Waals surface area contributed by atoms with Gasteiger partial charge < -0.3 is 4.90 Å². The maximum Gasteiger partial charge on any atom is 0.228 e. The first-order valence-corrected chi connectivity index (χ1v) is 9.73. The number of hydrogen-bond donors (Lipinski definition) is 0. The summed E-state index contributed by atoms with van der Waals surface area (Å²) in [6.07, 6.45) is 4.07. The Morgan fingerprint density at radius 2 is 2.08 bits per heavy atom. The number of carbonyl (C=O) groups excluding carboxylic acids is 1. The highest BCUT2D eigenvalue weighted by Crippen LogP contribution is 2.36. The number of rotatable bonds is 4. The number of thiophene rings is 1. The van der Waals surface area contributed by atoms with Crippen molar-refractivity contribution in [3.8, 4) is 0 Å². The van der Waals surface area contributed by atoms with Crippen LogP contribution in [-0.4, -0.2) is 30.4 Å². The summed E-state index contributed by atoms with van der Waals surface area (Å²) in [6.45, 7) is 5.00. The van der Waals surface area contributed by atoms with E-state index in [1.165, 1.54) is 28.2 Å².